The van der Waals surface area contributed by atoms with Crippen LogP contribution < -0.4 is 5.73 Å². The summed E-state index contributed by atoms with van der Waals surface area (Å²) in [4.78, 5) is 4.15. The van der Waals surface area contributed by atoms with Crippen molar-refractivity contribution >= 4 is 12.0 Å². The SMILES string of the molecule is CCOCc1ccc(CN2CC(c3cccnc3N)C=N2)cc1. The Balaban J connectivity index is 1.58. The van der Waals surface area contributed by atoms with E-state index in [1.807, 2.05) is 25.3 Å². The summed E-state index contributed by atoms with van der Waals surface area (Å²) in [5.74, 6) is 0.798. The normalized spacial score (nSPS) is 16.9. The number of pyridine rings is 1. The molecule has 0 aliphatic carbocycles. The van der Waals surface area contributed by atoms with E-state index in [9.17, 15) is 0 Å². The molecular formula is C18H22N4O. The molecule has 23 heavy (non-hydrogen) atoms. The highest BCUT2D eigenvalue weighted by Gasteiger charge is 2.21. The number of aromatic nitrogens is 1. The summed E-state index contributed by atoms with van der Waals surface area (Å²) in [6.07, 6.45) is 3.67. The monoisotopic (exact) mass is 310 g/mol. The zero-order valence-corrected chi connectivity index (χ0v) is 13.4. The lowest BCUT2D eigenvalue weighted by molar-refractivity contribution is 0.134. The number of benzene rings is 1. The molecule has 0 amide bonds. The second-order valence-electron chi connectivity index (χ2n) is 5.65. The van der Waals surface area contributed by atoms with Crippen molar-refractivity contribution in [1.82, 2.24) is 9.99 Å². The van der Waals surface area contributed by atoms with Crippen LogP contribution in [0.5, 0.6) is 0 Å². The number of nitrogen functional groups attached to an aromatic ring is 1. The maximum atomic E-state index is 5.95. The third-order valence-corrected chi connectivity index (χ3v) is 3.95. The lowest BCUT2D eigenvalue weighted by Gasteiger charge is -2.17. The van der Waals surface area contributed by atoms with Crippen LogP contribution in [-0.2, 0) is 17.9 Å². The van der Waals surface area contributed by atoms with Crippen LogP contribution in [0.25, 0.3) is 0 Å². The van der Waals surface area contributed by atoms with Gasteiger partial charge in [0.25, 0.3) is 0 Å². The number of nitrogens with two attached hydrogens (primary N) is 1. The molecule has 1 aliphatic rings. The van der Waals surface area contributed by atoms with Gasteiger partial charge in [0.2, 0.25) is 0 Å². The predicted molar refractivity (Wildman–Crippen MR) is 92.1 cm³/mol. The molecule has 0 saturated carbocycles. The molecule has 2 heterocycles. The van der Waals surface area contributed by atoms with E-state index in [0.717, 1.165) is 25.3 Å². The highest BCUT2D eigenvalue weighted by Crippen LogP contribution is 2.25. The Bertz CT molecular complexity index is 669. The molecule has 1 aromatic heterocycles. The molecule has 1 aromatic carbocycles. The molecule has 0 spiro atoms. The summed E-state index contributed by atoms with van der Waals surface area (Å²) in [7, 11) is 0. The van der Waals surface area contributed by atoms with Crippen LogP contribution in [0.15, 0.2) is 47.7 Å². The third kappa shape index (κ3) is 3.87. The van der Waals surface area contributed by atoms with E-state index < -0.39 is 0 Å². The minimum absolute atomic E-state index is 0.209. The van der Waals surface area contributed by atoms with Gasteiger partial charge in [-0.3, -0.25) is 5.01 Å². The Kier molecular flexibility index (Phi) is 4.88. The van der Waals surface area contributed by atoms with E-state index in [2.05, 4.69) is 39.4 Å². The molecular weight excluding hydrogens is 288 g/mol. The van der Waals surface area contributed by atoms with E-state index in [0.29, 0.717) is 12.4 Å². The zero-order valence-electron chi connectivity index (χ0n) is 13.4. The van der Waals surface area contributed by atoms with Crippen molar-refractivity contribution in [2.45, 2.75) is 26.0 Å². The average molecular weight is 310 g/mol. The van der Waals surface area contributed by atoms with E-state index in [4.69, 9.17) is 10.5 Å². The smallest absolute Gasteiger partial charge is 0.127 e. The first-order valence-corrected chi connectivity index (χ1v) is 7.91. The molecule has 1 atom stereocenters. The first-order valence-electron chi connectivity index (χ1n) is 7.91. The van der Waals surface area contributed by atoms with Gasteiger partial charge < -0.3 is 10.5 Å². The van der Waals surface area contributed by atoms with Crippen LogP contribution in [0.1, 0.15) is 29.5 Å². The number of ether oxygens (including phenoxy) is 1. The van der Waals surface area contributed by atoms with Crippen molar-refractivity contribution in [3.63, 3.8) is 0 Å². The molecule has 5 nitrogen and oxygen atoms in total. The number of rotatable bonds is 6. The quantitative estimate of drug-likeness (QED) is 0.891. The molecule has 0 fully saturated rings. The van der Waals surface area contributed by atoms with Gasteiger partial charge in [0.1, 0.15) is 5.82 Å². The van der Waals surface area contributed by atoms with E-state index >= 15 is 0 Å². The van der Waals surface area contributed by atoms with Crippen LogP contribution >= 0.6 is 0 Å². The fourth-order valence-electron chi connectivity index (χ4n) is 2.70. The lowest BCUT2D eigenvalue weighted by atomic mass is 10.0. The highest BCUT2D eigenvalue weighted by atomic mass is 16.5. The maximum absolute atomic E-state index is 5.95. The Morgan fingerprint density at radius 3 is 2.74 bits per heavy atom. The summed E-state index contributed by atoms with van der Waals surface area (Å²) in [6, 6.07) is 12.4. The Morgan fingerprint density at radius 1 is 1.22 bits per heavy atom. The second kappa shape index (κ2) is 7.24. The zero-order chi connectivity index (χ0) is 16.1. The molecule has 0 saturated heterocycles. The molecule has 2 N–H and O–H groups in total. The number of hydrogen-bond donors (Lipinski definition) is 1. The minimum Gasteiger partial charge on any atom is -0.383 e. The molecule has 3 rings (SSSR count). The number of anilines is 1. The van der Waals surface area contributed by atoms with Gasteiger partial charge >= 0.3 is 0 Å². The Labute approximate surface area is 136 Å². The van der Waals surface area contributed by atoms with Gasteiger partial charge in [0, 0.05) is 37.0 Å². The van der Waals surface area contributed by atoms with Gasteiger partial charge in [-0.25, -0.2) is 4.98 Å². The van der Waals surface area contributed by atoms with Gasteiger partial charge in [-0.05, 0) is 24.1 Å². The predicted octanol–water partition coefficient (Wildman–Crippen LogP) is 2.79. The summed E-state index contributed by atoms with van der Waals surface area (Å²) in [6.45, 7) is 5.04. The van der Waals surface area contributed by atoms with Gasteiger partial charge in [0.15, 0.2) is 0 Å². The maximum Gasteiger partial charge on any atom is 0.127 e. The number of nitrogens with zero attached hydrogens (tertiary/aromatic N) is 3. The highest BCUT2D eigenvalue weighted by molar-refractivity contribution is 5.72. The van der Waals surface area contributed by atoms with Gasteiger partial charge in [-0.2, -0.15) is 5.10 Å². The van der Waals surface area contributed by atoms with Crippen molar-refractivity contribution in [3.8, 4) is 0 Å². The minimum atomic E-state index is 0.209. The number of hydrazone groups is 1. The molecule has 0 bridgehead atoms. The van der Waals surface area contributed by atoms with Crippen LogP contribution in [0.4, 0.5) is 5.82 Å². The van der Waals surface area contributed by atoms with Crippen molar-refractivity contribution in [1.29, 1.82) is 0 Å². The van der Waals surface area contributed by atoms with Crippen molar-refractivity contribution < 1.29 is 4.74 Å². The fourth-order valence-corrected chi connectivity index (χ4v) is 2.70. The van der Waals surface area contributed by atoms with Gasteiger partial charge in [-0.1, -0.05) is 30.3 Å². The third-order valence-electron chi connectivity index (χ3n) is 3.95. The Hall–Kier alpha value is -2.40. The van der Waals surface area contributed by atoms with Gasteiger partial charge in [0.05, 0.1) is 13.2 Å². The van der Waals surface area contributed by atoms with Crippen molar-refractivity contribution in [2.75, 3.05) is 18.9 Å². The van der Waals surface area contributed by atoms with Crippen LogP contribution in [0.2, 0.25) is 0 Å². The van der Waals surface area contributed by atoms with Crippen molar-refractivity contribution in [2.24, 2.45) is 5.10 Å². The standard InChI is InChI=1S/C18H22N4O/c1-2-23-13-15-7-5-14(6-8-15)11-22-12-16(10-21-22)17-4-3-9-20-18(17)19/h3-10,16H,2,11-13H2,1H3,(H2,19,20). The summed E-state index contributed by atoms with van der Waals surface area (Å²) >= 11 is 0. The van der Waals surface area contributed by atoms with Crippen LogP contribution in [0.3, 0.4) is 0 Å². The Morgan fingerprint density at radius 2 is 2.00 bits per heavy atom. The van der Waals surface area contributed by atoms with Crippen molar-refractivity contribution in [3.05, 3.63) is 59.3 Å². The van der Waals surface area contributed by atoms with E-state index in [1.54, 1.807) is 6.20 Å². The topological polar surface area (TPSA) is 63.7 Å². The molecule has 0 radical (unpaired) electrons. The first kappa shape index (κ1) is 15.5. The largest absolute Gasteiger partial charge is 0.383 e. The van der Waals surface area contributed by atoms with Crippen LogP contribution in [-0.4, -0.2) is 29.4 Å². The molecule has 120 valence electrons. The first-order chi connectivity index (χ1) is 11.3. The van der Waals surface area contributed by atoms with Gasteiger partial charge in [-0.15, -0.1) is 0 Å². The second-order valence-corrected chi connectivity index (χ2v) is 5.65. The summed E-state index contributed by atoms with van der Waals surface area (Å²) < 4.78 is 5.42. The van der Waals surface area contributed by atoms with E-state index in [1.165, 1.54) is 11.1 Å². The summed E-state index contributed by atoms with van der Waals surface area (Å²) in [5.41, 5.74) is 9.43. The number of hydrogen-bond acceptors (Lipinski definition) is 5. The lowest BCUT2D eigenvalue weighted by Crippen LogP contribution is -2.18. The molecule has 1 unspecified atom stereocenters. The fraction of sp³-hybridized carbons (Fsp3) is 0.333. The van der Waals surface area contributed by atoms with E-state index in [-0.39, 0.29) is 5.92 Å². The molecule has 1 aliphatic heterocycles. The van der Waals surface area contributed by atoms with Crippen LogP contribution in [0, 0.1) is 0 Å². The average Bonchev–Trinajstić information content (AvgIpc) is 3.03. The summed E-state index contributed by atoms with van der Waals surface area (Å²) in [5, 5.41) is 6.57. The molecule has 5 heteroatoms. The molecule has 2 aromatic rings.